The zero-order valence-corrected chi connectivity index (χ0v) is 14.9. The van der Waals surface area contributed by atoms with Gasteiger partial charge in [0, 0.05) is 12.3 Å². The third kappa shape index (κ3) is 3.75. The van der Waals surface area contributed by atoms with E-state index in [0.717, 1.165) is 18.9 Å². The van der Waals surface area contributed by atoms with E-state index in [-0.39, 0.29) is 11.7 Å². The number of nitrogens with one attached hydrogen (secondary N) is 1. The molecule has 0 spiro atoms. The van der Waals surface area contributed by atoms with E-state index < -0.39 is 34.6 Å². The Kier molecular flexibility index (Phi) is 5.36. The summed E-state index contributed by atoms with van der Waals surface area (Å²) < 4.78 is 47.2. The molecule has 0 radical (unpaired) electrons. The second-order valence-electron chi connectivity index (χ2n) is 6.57. The predicted molar refractivity (Wildman–Crippen MR) is 93.4 cm³/mol. The summed E-state index contributed by atoms with van der Waals surface area (Å²) in [6.07, 6.45) is 1.62. The van der Waals surface area contributed by atoms with E-state index >= 15 is 0 Å². The molecule has 144 valence electrons. The monoisotopic (exact) mass is 380 g/mol. The lowest BCUT2D eigenvalue weighted by Gasteiger charge is -2.17. The summed E-state index contributed by atoms with van der Waals surface area (Å²) in [4.78, 5) is 25.4. The van der Waals surface area contributed by atoms with Crippen LogP contribution in [-0.2, 0) is 11.3 Å². The highest BCUT2D eigenvalue weighted by atomic mass is 19.2. The Hall–Kier alpha value is -2.61. The van der Waals surface area contributed by atoms with Crippen LogP contribution in [0, 0.1) is 31.3 Å². The van der Waals surface area contributed by atoms with Crippen LogP contribution in [0.2, 0.25) is 0 Å². The van der Waals surface area contributed by atoms with Gasteiger partial charge in [-0.15, -0.1) is 0 Å². The molecular weight excluding hydrogens is 361 g/mol. The number of hydrogen-bond acceptors (Lipinski definition) is 3. The van der Waals surface area contributed by atoms with Crippen molar-refractivity contribution in [2.75, 3.05) is 11.9 Å². The molecule has 1 aromatic carbocycles. The number of benzene rings is 1. The highest BCUT2D eigenvalue weighted by Crippen LogP contribution is 2.21. The van der Waals surface area contributed by atoms with Crippen molar-refractivity contribution < 1.29 is 22.7 Å². The molecule has 1 amide bonds. The number of carbonyl (C=O) groups excluding carboxylic acids is 1. The number of aryl methyl sites for hydroxylation is 2. The highest BCUT2D eigenvalue weighted by Gasteiger charge is 2.23. The van der Waals surface area contributed by atoms with E-state index in [1.165, 1.54) is 4.57 Å². The maximum Gasteiger partial charge on any atom is 0.263 e. The first-order chi connectivity index (χ1) is 12.8. The van der Waals surface area contributed by atoms with Crippen LogP contribution in [0.15, 0.2) is 23.0 Å². The molecule has 1 saturated heterocycles. The molecule has 1 aliphatic heterocycles. The number of rotatable bonds is 4. The molecule has 1 fully saturated rings. The van der Waals surface area contributed by atoms with E-state index in [9.17, 15) is 22.8 Å². The van der Waals surface area contributed by atoms with Crippen molar-refractivity contribution >= 4 is 11.6 Å². The molecule has 1 N–H and O–H groups in total. The van der Waals surface area contributed by atoms with Crippen LogP contribution < -0.4 is 10.9 Å². The fourth-order valence-corrected chi connectivity index (χ4v) is 3.23. The summed E-state index contributed by atoms with van der Waals surface area (Å²) in [5.41, 5.74) is -0.180. The number of pyridine rings is 1. The van der Waals surface area contributed by atoms with Gasteiger partial charge in [-0.25, -0.2) is 13.2 Å². The number of hydrogen-bond donors (Lipinski definition) is 1. The lowest BCUT2D eigenvalue weighted by atomic mass is 10.1. The summed E-state index contributed by atoms with van der Waals surface area (Å²) in [5.74, 6) is -5.46. The summed E-state index contributed by atoms with van der Waals surface area (Å²) in [7, 11) is 0. The molecule has 0 bridgehead atoms. The fourth-order valence-electron chi connectivity index (χ4n) is 3.23. The average Bonchev–Trinajstić information content (AvgIpc) is 3.12. The number of ether oxygens (including phenoxy) is 1. The van der Waals surface area contributed by atoms with Gasteiger partial charge < -0.3 is 14.6 Å². The number of carbonyl (C=O) groups is 1. The summed E-state index contributed by atoms with van der Waals surface area (Å²) >= 11 is 0. The van der Waals surface area contributed by atoms with Crippen LogP contribution in [-0.4, -0.2) is 23.2 Å². The quantitative estimate of drug-likeness (QED) is 0.828. The predicted octanol–water partition coefficient (Wildman–Crippen LogP) is 3.31. The average molecular weight is 380 g/mol. The van der Waals surface area contributed by atoms with Crippen molar-refractivity contribution in [2.45, 2.75) is 39.3 Å². The Bertz CT molecular complexity index is 950. The maximum atomic E-state index is 13.8. The van der Waals surface area contributed by atoms with Gasteiger partial charge in [0.1, 0.15) is 5.56 Å². The zero-order chi connectivity index (χ0) is 19.7. The van der Waals surface area contributed by atoms with Gasteiger partial charge in [0.15, 0.2) is 17.5 Å². The van der Waals surface area contributed by atoms with Crippen LogP contribution in [0.4, 0.5) is 18.9 Å². The normalized spacial score (nSPS) is 16.6. The Morgan fingerprint density at radius 1 is 1.26 bits per heavy atom. The lowest BCUT2D eigenvalue weighted by molar-refractivity contribution is 0.0947. The Morgan fingerprint density at radius 2 is 2.00 bits per heavy atom. The first-order valence-corrected chi connectivity index (χ1v) is 8.57. The summed E-state index contributed by atoms with van der Waals surface area (Å²) in [5, 5.41) is 2.15. The first-order valence-electron chi connectivity index (χ1n) is 8.57. The first kappa shape index (κ1) is 19.2. The maximum absolute atomic E-state index is 13.8. The molecule has 0 aliphatic carbocycles. The largest absolute Gasteiger partial charge is 0.376 e. The van der Waals surface area contributed by atoms with Crippen LogP contribution in [0.25, 0.3) is 0 Å². The van der Waals surface area contributed by atoms with Crippen molar-refractivity contribution in [1.82, 2.24) is 4.57 Å². The van der Waals surface area contributed by atoms with Gasteiger partial charge in [-0.05, 0) is 50.5 Å². The van der Waals surface area contributed by atoms with E-state index in [1.54, 1.807) is 19.9 Å². The van der Waals surface area contributed by atoms with E-state index in [4.69, 9.17) is 4.74 Å². The van der Waals surface area contributed by atoms with E-state index in [2.05, 4.69) is 5.32 Å². The zero-order valence-electron chi connectivity index (χ0n) is 14.9. The minimum Gasteiger partial charge on any atom is -0.376 e. The number of amides is 1. The molecule has 1 aliphatic rings. The standard InChI is InChI=1S/C19H19F3N2O3/c1-10-8-11(2)24(9-12-4-3-7-27-12)19(26)15(10)18(25)23-14-6-5-13(20)16(21)17(14)22/h5-6,8,12H,3-4,7,9H2,1-2H3,(H,23,25)/t12-/m0/s1. The molecular formula is C19H19F3N2O3. The molecule has 0 unspecified atom stereocenters. The van der Waals surface area contributed by atoms with Gasteiger partial charge in [-0.1, -0.05) is 0 Å². The molecule has 1 aromatic heterocycles. The number of halogens is 3. The molecule has 3 rings (SSSR count). The van der Waals surface area contributed by atoms with Crippen molar-refractivity contribution in [3.05, 3.63) is 62.8 Å². The van der Waals surface area contributed by atoms with Gasteiger partial charge in [0.05, 0.1) is 18.3 Å². The lowest BCUT2D eigenvalue weighted by Crippen LogP contribution is -2.34. The Balaban J connectivity index is 1.94. The number of aromatic nitrogens is 1. The van der Waals surface area contributed by atoms with Gasteiger partial charge in [-0.3, -0.25) is 9.59 Å². The molecule has 0 saturated carbocycles. The van der Waals surface area contributed by atoms with E-state index in [1.807, 2.05) is 0 Å². The molecule has 8 heteroatoms. The SMILES string of the molecule is Cc1cc(C)n(C[C@@H]2CCCO2)c(=O)c1C(=O)Nc1ccc(F)c(F)c1F. The highest BCUT2D eigenvalue weighted by molar-refractivity contribution is 6.05. The van der Waals surface area contributed by atoms with Crippen LogP contribution in [0.3, 0.4) is 0 Å². The minimum atomic E-state index is -1.69. The molecule has 27 heavy (non-hydrogen) atoms. The van der Waals surface area contributed by atoms with Gasteiger partial charge in [0.25, 0.3) is 11.5 Å². The Morgan fingerprint density at radius 3 is 2.67 bits per heavy atom. The molecule has 2 heterocycles. The topological polar surface area (TPSA) is 60.3 Å². The third-order valence-corrected chi connectivity index (χ3v) is 4.63. The van der Waals surface area contributed by atoms with Crippen molar-refractivity contribution in [3.63, 3.8) is 0 Å². The molecule has 1 atom stereocenters. The second-order valence-corrected chi connectivity index (χ2v) is 6.57. The Labute approximate surface area is 153 Å². The van der Waals surface area contributed by atoms with Gasteiger partial charge in [-0.2, -0.15) is 0 Å². The van der Waals surface area contributed by atoms with Crippen LogP contribution in [0.5, 0.6) is 0 Å². The number of nitrogens with zero attached hydrogens (tertiary/aromatic N) is 1. The molecule has 5 nitrogen and oxygen atoms in total. The van der Waals surface area contributed by atoms with Crippen LogP contribution >= 0.6 is 0 Å². The van der Waals surface area contributed by atoms with Crippen LogP contribution in [0.1, 0.15) is 34.5 Å². The minimum absolute atomic E-state index is 0.108. The summed E-state index contributed by atoms with van der Waals surface area (Å²) in [6.45, 7) is 4.28. The van der Waals surface area contributed by atoms with E-state index in [0.29, 0.717) is 30.5 Å². The molecule has 2 aromatic rings. The second kappa shape index (κ2) is 7.56. The summed E-state index contributed by atoms with van der Waals surface area (Å²) in [6, 6.07) is 3.28. The fraction of sp³-hybridized carbons (Fsp3) is 0.368. The van der Waals surface area contributed by atoms with Crippen molar-refractivity contribution in [1.29, 1.82) is 0 Å². The van der Waals surface area contributed by atoms with Crippen molar-refractivity contribution in [2.24, 2.45) is 0 Å². The number of anilines is 1. The van der Waals surface area contributed by atoms with Gasteiger partial charge in [0.2, 0.25) is 0 Å². The smallest absolute Gasteiger partial charge is 0.263 e. The third-order valence-electron chi connectivity index (χ3n) is 4.63. The van der Waals surface area contributed by atoms with Crippen molar-refractivity contribution in [3.8, 4) is 0 Å². The van der Waals surface area contributed by atoms with Gasteiger partial charge >= 0.3 is 0 Å².